The van der Waals surface area contributed by atoms with Gasteiger partial charge in [0.1, 0.15) is 0 Å². The van der Waals surface area contributed by atoms with E-state index in [1.54, 1.807) is 0 Å². The first-order valence-corrected chi connectivity index (χ1v) is 6.79. The molecule has 3 heteroatoms. The summed E-state index contributed by atoms with van der Waals surface area (Å²) in [7, 11) is 0. The molecule has 0 bridgehead atoms. The summed E-state index contributed by atoms with van der Waals surface area (Å²) in [5, 5.41) is 7.08. The van der Waals surface area contributed by atoms with Gasteiger partial charge in [0.2, 0.25) is 0 Å². The highest BCUT2D eigenvalue weighted by atomic mass is 79.9. The van der Waals surface area contributed by atoms with Gasteiger partial charge in [0.15, 0.2) is 0 Å². The first-order valence-electron chi connectivity index (χ1n) is 6.00. The molecule has 1 saturated heterocycles. The smallest absolute Gasteiger partial charge is 0.0489 e. The summed E-state index contributed by atoms with van der Waals surface area (Å²) in [5.41, 5.74) is 2.52. The first-order chi connectivity index (χ1) is 7.77. The Kier molecular flexibility index (Phi) is 4.24. The molecule has 0 radical (unpaired) electrons. The Hall–Kier alpha value is -0.540. The molecule has 2 N–H and O–H groups in total. The van der Waals surface area contributed by atoms with Gasteiger partial charge < -0.3 is 10.6 Å². The van der Waals surface area contributed by atoms with Crippen LogP contribution in [0.1, 0.15) is 24.8 Å². The molecule has 1 aromatic carbocycles. The van der Waals surface area contributed by atoms with Crippen molar-refractivity contribution in [3.8, 4) is 0 Å². The molecule has 0 aliphatic carbocycles. The highest BCUT2D eigenvalue weighted by Gasteiger charge is 2.12. The van der Waals surface area contributed by atoms with Crippen LogP contribution in [0.4, 0.5) is 5.69 Å². The van der Waals surface area contributed by atoms with Crippen LogP contribution in [0.3, 0.4) is 0 Å². The lowest BCUT2D eigenvalue weighted by atomic mass is 10.1. The van der Waals surface area contributed by atoms with Crippen LogP contribution in [0, 0.1) is 6.92 Å². The Morgan fingerprint density at radius 3 is 3.06 bits per heavy atom. The summed E-state index contributed by atoms with van der Waals surface area (Å²) in [6.45, 7) is 4.41. The van der Waals surface area contributed by atoms with Crippen molar-refractivity contribution in [1.82, 2.24) is 5.32 Å². The summed E-state index contributed by atoms with van der Waals surface area (Å²) >= 11 is 3.65. The molecule has 0 saturated carbocycles. The fourth-order valence-electron chi connectivity index (χ4n) is 2.14. The second kappa shape index (κ2) is 5.69. The van der Waals surface area contributed by atoms with Crippen LogP contribution in [0.2, 0.25) is 0 Å². The molecule has 1 aliphatic heterocycles. The summed E-state index contributed by atoms with van der Waals surface area (Å²) in [6, 6.07) is 6.99. The van der Waals surface area contributed by atoms with E-state index >= 15 is 0 Å². The topological polar surface area (TPSA) is 24.1 Å². The van der Waals surface area contributed by atoms with Crippen LogP contribution in [0.25, 0.3) is 0 Å². The molecule has 0 aromatic heterocycles. The lowest BCUT2D eigenvalue weighted by Gasteiger charge is -2.19. The summed E-state index contributed by atoms with van der Waals surface area (Å²) in [6.07, 6.45) is 3.73. The predicted octanol–water partition coefficient (Wildman–Crippen LogP) is 3.31. The average Bonchev–Trinajstić information content (AvgIpc) is 2.53. The van der Waals surface area contributed by atoms with E-state index in [4.69, 9.17) is 0 Å². The Morgan fingerprint density at radius 1 is 1.31 bits per heavy atom. The molecule has 1 unspecified atom stereocenters. The minimum atomic E-state index is 0.605. The van der Waals surface area contributed by atoms with Crippen LogP contribution >= 0.6 is 15.9 Å². The Morgan fingerprint density at radius 2 is 2.19 bits per heavy atom. The maximum Gasteiger partial charge on any atom is 0.0489 e. The standard InChI is InChI=1S/C13H19BrN2/c1-10-4-2-6-12(13(10)14)16-11-5-3-8-15-9-7-11/h2,4,6,11,15-16H,3,5,7-9H2,1H3. The van der Waals surface area contributed by atoms with E-state index < -0.39 is 0 Å². The van der Waals surface area contributed by atoms with Crippen molar-refractivity contribution in [2.45, 2.75) is 32.2 Å². The second-order valence-corrected chi connectivity index (χ2v) is 5.25. The monoisotopic (exact) mass is 282 g/mol. The summed E-state index contributed by atoms with van der Waals surface area (Å²) < 4.78 is 1.20. The maximum atomic E-state index is 3.65. The van der Waals surface area contributed by atoms with Gasteiger partial charge in [-0.3, -0.25) is 0 Å². The number of hydrogen-bond donors (Lipinski definition) is 2. The third kappa shape index (κ3) is 2.98. The molecule has 1 atom stereocenters. The highest BCUT2D eigenvalue weighted by molar-refractivity contribution is 9.10. The van der Waals surface area contributed by atoms with E-state index in [1.165, 1.54) is 35.0 Å². The fraction of sp³-hybridized carbons (Fsp3) is 0.538. The van der Waals surface area contributed by atoms with E-state index in [1.807, 2.05) is 0 Å². The van der Waals surface area contributed by atoms with Crippen molar-refractivity contribution in [3.05, 3.63) is 28.2 Å². The summed E-state index contributed by atoms with van der Waals surface area (Å²) in [4.78, 5) is 0. The number of benzene rings is 1. The Balaban J connectivity index is 2.04. The van der Waals surface area contributed by atoms with Gasteiger partial charge in [0, 0.05) is 16.2 Å². The minimum absolute atomic E-state index is 0.605. The SMILES string of the molecule is Cc1cccc(NC2CCCNCC2)c1Br. The minimum Gasteiger partial charge on any atom is -0.381 e. The molecule has 16 heavy (non-hydrogen) atoms. The van der Waals surface area contributed by atoms with Gasteiger partial charge in [-0.25, -0.2) is 0 Å². The lowest BCUT2D eigenvalue weighted by molar-refractivity contribution is 0.637. The van der Waals surface area contributed by atoms with Crippen LogP contribution in [-0.4, -0.2) is 19.1 Å². The van der Waals surface area contributed by atoms with Gasteiger partial charge in [-0.2, -0.15) is 0 Å². The maximum absolute atomic E-state index is 3.65. The molecule has 2 rings (SSSR count). The lowest BCUT2D eigenvalue weighted by Crippen LogP contribution is -2.21. The quantitative estimate of drug-likeness (QED) is 0.870. The second-order valence-electron chi connectivity index (χ2n) is 4.46. The molecule has 88 valence electrons. The van der Waals surface area contributed by atoms with Crippen molar-refractivity contribution in [3.63, 3.8) is 0 Å². The zero-order valence-corrected chi connectivity index (χ0v) is 11.3. The zero-order chi connectivity index (χ0) is 11.4. The zero-order valence-electron chi connectivity index (χ0n) is 9.72. The van der Waals surface area contributed by atoms with Crippen LogP contribution in [0.5, 0.6) is 0 Å². The molecule has 0 amide bonds. The van der Waals surface area contributed by atoms with Crippen LogP contribution in [-0.2, 0) is 0 Å². The number of halogens is 1. The third-order valence-electron chi connectivity index (χ3n) is 3.13. The third-order valence-corrected chi connectivity index (χ3v) is 4.18. The summed E-state index contributed by atoms with van der Waals surface area (Å²) in [5.74, 6) is 0. The van der Waals surface area contributed by atoms with Crippen molar-refractivity contribution >= 4 is 21.6 Å². The van der Waals surface area contributed by atoms with E-state index in [0.717, 1.165) is 13.1 Å². The van der Waals surface area contributed by atoms with Crippen molar-refractivity contribution < 1.29 is 0 Å². The number of rotatable bonds is 2. The average molecular weight is 283 g/mol. The van der Waals surface area contributed by atoms with Gasteiger partial charge in [-0.15, -0.1) is 0 Å². The molecule has 1 fully saturated rings. The Labute approximate surface area is 106 Å². The number of aryl methyl sites for hydroxylation is 1. The van der Waals surface area contributed by atoms with Crippen molar-refractivity contribution in [2.75, 3.05) is 18.4 Å². The molecule has 1 heterocycles. The normalized spacial score (nSPS) is 21.5. The van der Waals surface area contributed by atoms with E-state index in [0.29, 0.717) is 6.04 Å². The van der Waals surface area contributed by atoms with Gasteiger partial charge in [-0.05, 0) is 66.8 Å². The first kappa shape index (κ1) is 11.9. The highest BCUT2D eigenvalue weighted by Crippen LogP contribution is 2.27. The van der Waals surface area contributed by atoms with E-state index in [9.17, 15) is 0 Å². The van der Waals surface area contributed by atoms with Gasteiger partial charge in [0.25, 0.3) is 0 Å². The van der Waals surface area contributed by atoms with Gasteiger partial charge >= 0.3 is 0 Å². The van der Waals surface area contributed by atoms with Crippen LogP contribution in [0.15, 0.2) is 22.7 Å². The fourth-order valence-corrected chi connectivity index (χ4v) is 2.52. The van der Waals surface area contributed by atoms with Crippen molar-refractivity contribution in [2.24, 2.45) is 0 Å². The number of hydrogen-bond acceptors (Lipinski definition) is 2. The van der Waals surface area contributed by atoms with E-state index in [-0.39, 0.29) is 0 Å². The number of nitrogens with one attached hydrogen (secondary N) is 2. The van der Waals surface area contributed by atoms with E-state index in [2.05, 4.69) is 51.7 Å². The van der Waals surface area contributed by atoms with Crippen LogP contribution < -0.4 is 10.6 Å². The number of anilines is 1. The molecule has 1 aliphatic rings. The molecule has 0 spiro atoms. The van der Waals surface area contributed by atoms with Gasteiger partial charge in [-0.1, -0.05) is 12.1 Å². The molecular formula is C13H19BrN2. The molecule has 2 nitrogen and oxygen atoms in total. The van der Waals surface area contributed by atoms with Gasteiger partial charge in [0.05, 0.1) is 0 Å². The largest absolute Gasteiger partial charge is 0.381 e. The molecular weight excluding hydrogens is 264 g/mol. The molecule has 1 aromatic rings. The predicted molar refractivity (Wildman–Crippen MR) is 73.0 cm³/mol. The Bertz CT molecular complexity index is 344. The van der Waals surface area contributed by atoms with Crippen molar-refractivity contribution in [1.29, 1.82) is 0 Å².